The number of hydrogen-bond donors (Lipinski definition) is 1. The number of aliphatic hydroxyl groups excluding tert-OH is 1. The molecule has 0 bridgehead atoms. The lowest BCUT2D eigenvalue weighted by Crippen LogP contribution is -2.02. The van der Waals surface area contributed by atoms with Crippen LogP contribution in [-0.4, -0.2) is 11.2 Å². The number of benzene rings is 1. The van der Waals surface area contributed by atoms with E-state index in [1.54, 1.807) is 0 Å². The van der Waals surface area contributed by atoms with Crippen molar-refractivity contribution in [1.82, 2.24) is 0 Å². The van der Waals surface area contributed by atoms with Crippen LogP contribution in [0.25, 0.3) is 0 Å². The third-order valence-electron chi connectivity index (χ3n) is 2.79. The van der Waals surface area contributed by atoms with E-state index in [0.717, 1.165) is 17.7 Å². The monoisotopic (exact) mass is 220 g/mol. The first-order chi connectivity index (χ1) is 7.65. The first-order valence-corrected chi connectivity index (χ1v) is 6.10. The first kappa shape index (κ1) is 11.5. The van der Waals surface area contributed by atoms with Crippen LogP contribution in [0.4, 0.5) is 0 Å². The van der Waals surface area contributed by atoms with E-state index in [1.165, 1.54) is 12.8 Å². The summed E-state index contributed by atoms with van der Waals surface area (Å²) in [5.41, 5.74) is 0.983. The largest absolute Gasteiger partial charge is 0.490 e. The SMILES string of the molecule is CC(C)CC(O)c1ccc(OC2CC2)cc1. The van der Waals surface area contributed by atoms with Gasteiger partial charge in [0.25, 0.3) is 0 Å². The smallest absolute Gasteiger partial charge is 0.119 e. The second-order valence-electron chi connectivity index (χ2n) is 5.03. The van der Waals surface area contributed by atoms with Gasteiger partial charge in [0.2, 0.25) is 0 Å². The Bertz CT molecular complexity index is 325. The van der Waals surface area contributed by atoms with Crippen LogP contribution in [0.3, 0.4) is 0 Å². The van der Waals surface area contributed by atoms with Gasteiger partial charge in [-0.15, -0.1) is 0 Å². The highest BCUT2D eigenvalue weighted by atomic mass is 16.5. The molecule has 1 saturated carbocycles. The first-order valence-electron chi connectivity index (χ1n) is 6.10. The van der Waals surface area contributed by atoms with E-state index in [9.17, 15) is 5.11 Å². The van der Waals surface area contributed by atoms with Crippen molar-refractivity contribution in [1.29, 1.82) is 0 Å². The topological polar surface area (TPSA) is 29.5 Å². The summed E-state index contributed by atoms with van der Waals surface area (Å²) in [6.45, 7) is 4.24. The lowest BCUT2D eigenvalue weighted by molar-refractivity contribution is 0.151. The van der Waals surface area contributed by atoms with E-state index in [2.05, 4.69) is 13.8 Å². The van der Waals surface area contributed by atoms with Crippen molar-refractivity contribution >= 4 is 0 Å². The Morgan fingerprint density at radius 2 is 1.88 bits per heavy atom. The molecule has 1 aromatic rings. The molecule has 0 radical (unpaired) electrons. The van der Waals surface area contributed by atoms with E-state index in [-0.39, 0.29) is 6.10 Å². The Labute approximate surface area is 97.3 Å². The highest BCUT2D eigenvalue weighted by molar-refractivity contribution is 5.29. The Morgan fingerprint density at radius 3 is 2.38 bits per heavy atom. The van der Waals surface area contributed by atoms with Gasteiger partial charge in [0, 0.05) is 0 Å². The zero-order valence-corrected chi connectivity index (χ0v) is 10.0. The van der Waals surface area contributed by atoms with Crippen LogP contribution in [0.1, 0.15) is 44.8 Å². The number of aliphatic hydroxyl groups is 1. The summed E-state index contributed by atoms with van der Waals surface area (Å²) in [4.78, 5) is 0. The van der Waals surface area contributed by atoms with Gasteiger partial charge in [0.15, 0.2) is 0 Å². The molecule has 0 heterocycles. The predicted molar refractivity (Wildman–Crippen MR) is 64.5 cm³/mol. The number of rotatable bonds is 5. The van der Waals surface area contributed by atoms with Gasteiger partial charge in [-0.05, 0) is 42.9 Å². The molecule has 0 saturated heterocycles. The van der Waals surface area contributed by atoms with Crippen LogP contribution in [0.5, 0.6) is 5.75 Å². The third-order valence-corrected chi connectivity index (χ3v) is 2.79. The second kappa shape index (κ2) is 4.88. The summed E-state index contributed by atoms with van der Waals surface area (Å²) in [5.74, 6) is 1.43. The van der Waals surface area contributed by atoms with E-state index in [1.807, 2.05) is 24.3 Å². The molecule has 0 aromatic heterocycles. The average Bonchev–Trinajstić information content (AvgIpc) is 3.01. The predicted octanol–water partition coefficient (Wildman–Crippen LogP) is 3.31. The normalized spacial score (nSPS) is 17.5. The van der Waals surface area contributed by atoms with Gasteiger partial charge >= 0.3 is 0 Å². The molecule has 1 N–H and O–H groups in total. The molecule has 0 amide bonds. The Hall–Kier alpha value is -1.02. The van der Waals surface area contributed by atoms with Gasteiger partial charge in [-0.25, -0.2) is 0 Å². The molecule has 2 nitrogen and oxygen atoms in total. The van der Waals surface area contributed by atoms with E-state index in [4.69, 9.17) is 4.74 Å². The van der Waals surface area contributed by atoms with Gasteiger partial charge in [-0.2, -0.15) is 0 Å². The van der Waals surface area contributed by atoms with Crippen molar-refractivity contribution in [2.24, 2.45) is 5.92 Å². The van der Waals surface area contributed by atoms with Gasteiger partial charge in [0.1, 0.15) is 5.75 Å². The van der Waals surface area contributed by atoms with Crippen LogP contribution in [0.15, 0.2) is 24.3 Å². The number of ether oxygens (including phenoxy) is 1. The minimum absolute atomic E-state index is 0.352. The fourth-order valence-electron chi connectivity index (χ4n) is 1.73. The molecule has 0 spiro atoms. The van der Waals surface area contributed by atoms with Crippen LogP contribution >= 0.6 is 0 Å². The minimum Gasteiger partial charge on any atom is -0.490 e. The summed E-state index contributed by atoms with van der Waals surface area (Å²) < 4.78 is 5.66. The van der Waals surface area contributed by atoms with Gasteiger partial charge in [-0.3, -0.25) is 0 Å². The Kier molecular flexibility index (Phi) is 3.49. The minimum atomic E-state index is -0.352. The van der Waals surface area contributed by atoms with E-state index >= 15 is 0 Å². The zero-order chi connectivity index (χ0) is 11.5. The summed E-state index contributed by atoms with van der Waals surface area (Å²) in [7, 11) is 0. The average molecular weight is 220 g/mol. The summed E-state index contributed by atoms with van der Waals surface area (Å²) in [5, 5.41) is 9.94. The maximum atomic E-state index is 9.94. The fraction of sp³-hybridized carbons (Fsp3) is 0.571. The van der Waals surface area contributed by atoms with Crippen molar-refractivity contribution < 1.29 is 9.84 Å². The van der Waals surface area contributed by atoms with Crippen molar-refractivity contribution in [2.45, 2.75) is 45.3 Å². The van der Waals surface area contributed by atoms with Crippen LogP contribution in [0.2, 0.25) is 0 Å². The molecule has 88 valence electrons. The molecular formula is C14H20O2. The lowest BCUT2D eigenvalue weighted by Gasteiger charge is -2.14. The molecule has 1 fully saturated rings. The quantitative estimate of drug-likeness (QED) is 0.825. The van der Waals surface area contributed by atoms with Crippen molar-refractivity contribution in [3.8, 4) is 5.75 Å². The molecule has 1 unspecified atom stereocenters. The third kappa shape index (κ3) is 3.24. The standard InChI is InChI=1S/C14H20O2/c1-10(2)9-14(15)11-3-5-12(6-4-11)16-13-7-8-13/h3-6,10,13-15H,7-9H2,1-2H3. The van der Waals surface area contributed by atoms with Crippen LogP contribution < -0.4 is 4.74 Å². The van der Waals surface area contributed by atoms with Crippen LogP contribution in [0, 0.1) is 5.92 Å². The highest BCUT2D eigenvalue weighted by Gasteiger charge is 2.23. The van der Waals surface area contributed by atoms with E-state index in [0.29, 0.717) is 12.0 Å². The summed E-state index contributed by atoms with van der Waals surface area (Å²) in [6.07, 6.45) is 3.25. The maximum Gasteiger partial charge on any atom is 0.119 e. The molecule has 0 aliphatic heterocycles. The maximum absolute atomic E-state index is 9.94. The van der Waals surface area contributed by atoms with Crippen molar-refractivity contribution in [3.05, 3.63) is 29.8 Å². The number of hydrogen-bond acceptors (Lipinski definition) is 2. The highest BCUT2D eigenvalue weighted by Crippen LogP contribution is 2.28. The summed E-state index contributed by atoms with van der Waals surface area (Å²) >= 11 is 0. The molecular weight excluding hydrogens is 200 g/mol. The van der Waals surface area contributed by atoms with Gasteiger partial charge in [0.05, 0.1) is 12.2 Å². The molecule has 1 aliphatic rings. The Balaban J connectivity index is 1.94. The molecule has 1 aromatic carbocycles. The van der Waals surface area contributed by atoms with Gasteiger partial charge in [-0.1, -0.05) is 26.0 Å². The summed E-state index contributed by atoms with van der Waals surface area (Å²) in [6, 6.07) is 7.84. The zero-order valence-electron chi connectivity index (χ0n) is 10.0. The van der Waals surface area contributed by atoms with E-state index < -0.39 is 0 Å². The second-order valence-corrected chi connectivity index (χ2v) is 5.03. The molecule has 2 rings (SSSR count). The molecule has 1 atom stereocenters. The fourth-order valence-corrected chi connectivity index (χ4v) is 1.73. The molecule has 1 aliphatic carbocycles. The van der Waals surface area contributed by atoms with Crippen LogP contribution in [-0.2, 0) is 0 Å². The van der Waals surface area contributed by atoms with Crippen molar-refractivity contribution in [3.63, 3.8) is 0 Å². The lowest BCUT2D eigenvalue weighted by atomic mass is 10.00. The van der Waals surface area contributed by atoms with Gasteiger partial charge < -0.3 is 9.84 Å². The molecule has 16 heavy (non-hydrogen) atoms. The Morgan fingerprint density at radius 1 is 1.25 bits per heavy atom. The molecule has 2 heteroatoms. The van der Waals surface area contributed by atoms with Crippen molar-refractivity contribution in [2.75, 3.05) is 0 Å².